The number of rotatable bonds is 3. The Bertz CT molecular complexity index is 236. The van der Waals surface area contributed by atoms with Gasteiger partial charge in [0.2, 0.25) is 6.10 Å². The lowest BCUT2D eigenvalue weighted by Crippen LogP contribution is -2.46. The van der Waals surface area contributed by atoms with Crippen molar-refractivity contribution in [3.05, 3.63) is 0 Å². The number of hydrogen-bond donors (Lipinski definition) is 0. The van der Waals surface area contributed by atoms with Gasteiger partial charge in [-0.3, -0.25) is 0 Å². The fourth-order valence-corrected chi connectivity index (χ4v) is 1.32. The molecule has 1 heterocycles. The van der Waals surface area contributed by atoms with Gasteiger partial charge in [0.1, 0.15) is 0 Å². The van der Waals surface area contributed by atoms with E-state index in [9.17, 15) is 9.59 Å². The van der Waals surface area contributed by atoms with Gasteiger partial charge in [-0.25, -0.2) is 9.59 Å². The number of esters is 2. The first-order chi connectivity index (χ1) is 6.60. The van der Waals surface area contributed by atoms with Crippen LogP contribution in [-0.4, -0.2) is 24.1 Å². The molecular weight excluding hydrogens is 184 g/mol. The Hall–Kier alpha value is -1.06. The molecule has 0 spiro atoms. The molecule has 0 aliphatic carbocycles. The Morgan fingerprint density at radius 1 is 1.21 bits per heavy atom. The molecule has 0 saturated carbocycles. The van der Waals surface area contributed by atoms with Gasteiger partial charge in [-0.1, -0.05) is 20.8 Å². The van der Waals surface area contributed by atoms with E-state index < -0.39 is 24.1 Å². The average Bonchev–Trinajstić information content (AvgIpc) is 2.19. The summed E-state index contributed by atoms with van der Waals surface area (Å²) in [6.45, 7) is 5.59. The summed E-state index contributed by atoms with van der Waals surface area (Å²) in [5, 5.41) is 0. The third kappa shape index (κ3) is 2.05. The number of cyclic esters (lactones) is 2. The maximum atomic E-state index is 11.4. The highest BCUT2D eigenvalue weighted by atomic mass is 16.6. The van der Waals surface area contributed by atoms with Crippen LogP contribution in [-0.2, 0) is 19.1 Å². The highest BCUT2D eigenvalue weighted by molar-refractivity contribution is 5.87. The van der Waals surface area contributed by atoms with Crippen LogP contribution in [0.25, 0.3) is 0 Å². The molecule has 3 atom stereocenters. The van der Waals surface area contributed by atoms with Crippen molar-refractivity contribution in [2.24, 2.45) is 5.92 Å². The van der Waals surface area contributed by atoms with Crippen LogP contribution < -0.4 is 0 Å². The zero-order valence-corrected chi connectivity index (χ0v) is 8.78. The molecule has 0 N–H and O–H groups in total. The lowest BCUT2D eigenvalue weighted by Gasteiger charge is -2.29. The van der Waals surface area contributed by atoms with E-state index in [1.807, 2.05) is 13.8 Å². The number of hydrogen-bond acceptors (Lipinski definition) is 4. The van der Waals surface area contributed by atoms with Crippen LogP contribution >= 0.6 is 0 Å². The topological polar surface area (TPSA) is 52.6 Å². The molecule has 1 rings (SSSR count). The van der Waals surface area contributed by atoms with Crippen LogP contribution in [0.4, 0.5) is 0 Å². The van der Waals surface area contributed by atoms with Crippen molar-refractivity contribution in [2.45, 2.75) is 45.8 Å². The minimum atomic E-state index is -0.713. The van der Waals surface area contributed by atoms with Gasteiger partial charge in [-0.15, -0.1) is 0 Å². The van der Waals surface area contributed by atoms with Gasteiger partial charge in [-0.2, -0.15) is 0 Å². The molecule has 1 aliphatic heterocycles. The van der Waals surface area contributed by atoms with Crippen LogP contribution in [0.15, 0.2) is 0 Å². The molecule has 0 aromatic heterocycles. The molecule has 14 heavy (non-hydrogen) atoms. The minimum Gasteiger partial charge on any atom is -0.448 e. The normalized spacial score (nSPS) is 29.4. The highest BCUT2D eigenvalue weighted by Crippen LogP contribution is 2.20. The van der Waals surface area contributed by atoms with Gasteiger partial charge >= 0.3 is 11.9 Å². The van der Waals surface area contributed by atoms with Crippen molar-refractivity contribution in [3.63, 3.8) is 0 Å². The summed E-state index contributed by atoms with van der Waals surface area (Å²) in [5.74, 6) is -0.813. The average molecular weight is 200 g/mol. The van der Waals surface area contributed by atoms with Gasteiger partial charge in [-0.05, 0) is 12.8 Å². The number of carbonyl (C=O) groups excluding carboxylic acids is 2. The Morgan fingerprint density at radius 3 is 2.36 bits per heavy atom. The van der Waals surface area contributed by atoms with E-state index in [1.54, 1.807) is 6.92 Å². The molecule has 0 radical (unpaired) electrons. The summed E-state index contributed by atoms with van der Waals surface area (Å²) in [7, 11) is 0. The molecule has 0 bridgehead atoms. The Kier molecular flexibility index (Phi) is 3.49. The Balaban J connectivity index is 2.66. The second-order valence-electron chi connectivity index (χ2n) is 3.58. The molecule has 80 valence electrons. The molecule has 0 aromatic rings. The van der Waals surface area contributed by atoms with Crippen molar-refractivity contribution >= 4 is 11.9 Å². The smallest absolute Gasteiger partial charge is 0.348 e. The fourth-order valence-electron chi connectivity index (χ4n) is 1.32. The van der Waals surface area contributed by atoms with Gasteiger partial charge in [0.15, 0.2) is 6.10 Å². The van der Waals surface area contributed by atoms with E-state index in [4.69, 9.17) is 9.47 Å². The molecule has 1 saturated heterocycles. The monoisotopic (exact) mass is 200 g/mol. The zero-order chi connectivity index (χ0) is 10.7. The lowest BCUT2D eigenvalue weighted by molar-refractivity contribution is -0.198. The largest absolute Gasteiger partial charge is 0.448 e. The highest BCUT2D eigenvalue weighted by Gasteiger charge is 2.39. The molecule has 4 nitrogen and oxygen atoms in total. The molecule has 3 unspecified atom stereocenters. The van der Waals surface area contributed by atoms with Crippen molar-refractivity contribution < 1.29 is 19.1 Å². The summed E-state index contributed by atoms with van der Waals surface area (Å²) in [6, 6.07) is 0. The van der Waals surface area contributed by atoms with Crippen molar-refractivity contribution in [1.82, 2.24) is 0 Å². The maximum absolute atomic E-state index is 11.4. The van der Waals surface area contributed by atoms with E-state index in [0.717, 1.165) is 6.42 Å². The Morgan fingerprint density at radius 2 is 1.86 bits per heavy atom. The number of carbonyl (C=O) groups is 2. The zero-order valence-electron chi connectivity index (χ0n) is 8.78. The van der Waals surface area contributed by atoms with E-state index in [1.165, 1.54) is 0 Å². The maximum Gasteiger partial charge on any atom is 0.348 e. The van der Waals surface area contributed by atoms with Crippen molar-refractivity contribution in [1.29, 1.82) is 0 Å². The predicted octanol–water partition coefficient (Wildman–Crippen LogP) is 1.28. The van der Waals surface area contributed by atoms with Gasteiger partial charge in [0.25, 0.3) is 0 Å². The summed E-state index contributed by atoms with van der Waals surface area (Å²) >= 11 is 0. The molecule has 1 aliphatic rings. The van der Waals surface area contributed by atoms with Gasteiger partial charge in [0, 0.05) is 5.92 Å². The lowest BCUT2D eigenvalue weighted by atomic mass is 10.0. The summed E-state index contributed by atoms with van der Waals surface area (Å²) in [4.78, 5) is 22.7. The van der Waals surface area contributed by atoms with E-state index in [2.05, 4.69) is 0 Å². The Labute approximate surface area is 83.6 Å². The van der Waals surface area contributed by atoms with Crippen LogP contribution in [0.1, 0.15) is 33.6 Å². The SMILES string of the molecule is CCC1OC(=O)C(C(C)CC)OC1=O. The molecule has 0 amide bonds. The van der Waals surface area contributed by atoms with Crippen molar-refractivity contribution in [3.8, 4) is 0 Å². The quantitative estimate of drug-likeness (QED) is 0.644. The second-order valence-corrected chi connectivity index (χ2v) is 3.58. The van der Waals surface area contributed by atoms with E-state index in [0.29, 0.717) is 6.42 Å². The first-order valence-corrected chi connectivity index (χ1v) is 5.01. The van der Waals surface area contributed by atoms with Crippen LogP contribution in [0, 0.1) is 5.92 Å². The van der Waals surface area contributed by atoms with Gasteiger partial charge < -0.3 is 9.47 Å². The standard InChI is InChI=1S/C10H16O4/c1-4-6(3)8-10(12)13-7(5-2)9(11)14-8/h6-8H,4-5H2,1-3H3. The molecule has 4 heteroatoms. The summed E-state index contributed by atoms with van der Waals surface area (Å²) < 4.78 is 10.0. The molecule has 1 fully saturated rings. The second kappa shape index (κ2) is 4.44. The first-order valence-electron chi connectivity index (χ1n) is 5.01. The predicted molar refractivity (Wildman–Crippen MR) is 49.5 cm³/mol. The summed E-state index contributed by atoms with van der Waals surface area (Å²) in [5.41, 5.74) is 0. The van der Waals surface area contributed by atoms with E-state index >= 15 is 0 Å². The van der Waals surface area contributed by atoms with Crippen LogP contribution in [0.5, 0.6) is 0 Å². The van der Waals surface area contributed by atoms with Crippen molar-refractivity contribution in [2.75, 3.05) is 0 Å². The van der Waals surface area contributed by atoms with Gasteiger partial charge in [0.05, 0.1) is 0 Å². The third-order valence-corrected chi connectivity index (χ3v) is 2.53. The molecular formula is C10H16O4. The minimum absolute atomic E-state index is 0.0178. The number of ether oxygens (including phenoxy) is 2. The van der Waals surface area contributed by atoms with E-state index in [-0.39, 0.29) is 5.92 Å². The van der Waals surface area contributed by atoms with Crippen LogP contribution in [0.3, 0.4) is 0 Å². The third-order valence-electron chi connectivity index (χ3n) is 2.53. The summed E-state index contributed by atoms with van der Waals surface area (Å²) in [6.07, 6.45) is -0.167. The molecule has 0 aromatic carbocycles. The fraction of sp³-hybridized carbons (Fsp3) is 0.800. The van der Waals surface area contributed by atoms with Crippen LogP contribution in [0.2, 0.25) is 0 Å². The first kappa shape index (κ1) is 11.0.